The number of nitrogens with one attached hydrogen (secondary N) is 1. The van der Waals surface area contributed by atoms with Gasteiger partial charge in [-0.2, -0.15) is 0 Å². The lowest BCUT2D eigenvalue weighted by atomic mass is 10.0. The monoisotopic (exact) mass is 603 g/mol. The van der Waals surface area contributed by atoms with Crippen LogP contribution in [0.4, 0.5) is 11.5 Å². The third kappa shape index (κ3) is 5.73. The molecule has 0 saturated carbocycles. The van der Waals surface area contributed by atoms with Crippen LogP contribution in [0.5, 0.6) is 11.5 Å². The zero-order valence-corrected chi connectivity index (χ0v) is 26.8. The van der Waals surface area contributed by atoms with Crippen LogP contribution in [0.15, 0.2) is 107 Å². The molecule has 224 valence electrons. The lowest BCUT2D eigenvalue weighted by Crippen LogP contribution is -2.43. The average molecular weight is 604 g/mol. The van der Waals surface area contributed by atoms with Gasteiger partial charge in [0.15, 0.2) is 0 Å². The summed E-state index contributed by atoms with van der Waals surface area (Å²) >= 11 is 1.79. The molecule has 0 radical (unpaired) electrons. The number of likely N-dealkylation sites (N-methyl/N-ethyl adjacent to an activating group) is 2. The summed E-state index contributed by atoms with van der Waals surface area (Å²) in [6, 6.07) is 34.3. The second-order valence-corrected chi connectivity index (χ2v) is 12.0. The topological polar surface area (TPSA) is 40.9 Å². The molecule has 1 N–H and O–H groups in total. The Bertz CT molecular complexity index is 1800. The van der Waals surface area contributed by atoms with Crippen LogP contribution in [0, 0.1) is 0 Å². The first kappa shape index (κ1) is 29.6. The number of ether oxygens (including phenoxy) is 2. The third-order valence-corrected chi connectivity index (χ3v) is 9.35. The lowest BCUT2D eigenvalue weighted by molar-refractivity contribution is -0.649. The summed E-state index contributed by atoms with van der Waals surface area (Å²) in [5.74, 6) is 2.78. The number of anilines is 2. The molecule has 0 saturated heterocycles. The van der Waals surface area contributed by atoms with Crippen LogP contribution in [0.2, 0.25) is 0 Å². The van der Waals surface area contributed by atoms with Crippen molar-refractivity contribution in [2.75, 3.05) is 58.3 Å². The van der Waals surface area contributed by atoms with Crippen LogP contribution in [0.1, 0.15) is 11.1 Å². The summed E-state index contributed by atoms with van der Waals surface area (Å²) < 4.78 is 13.9. The SMILES string of the molecule is CNCCN(C)c1cc(C=C2Sc3cc(-c4c(OC)cccc4OC)ccc3N2C)c2ccccc2[n+]1Cc1ccccc1. The number of thioether (sulfide) groups is 1. The van der Waals surface area contributed by atoms with Crippen LogP contribution in [0.3, 0.4) is 0 Å². The lowest BCUT2D eigenvalue weighted by Gasteiger charge is -2.19. The van der Waals surface area contributed by atoms with Gasteiger partial charge in [0.25, 0.3) is 5.82 Å². The van der Waals surface area contributed by atoms with Crippen molar-refractivity contribution in [1.82, 2.24) is 5.32 Å². The molecule has 6 rings (SSSR count). The van der Waals surface area contributed by atoms with Gasteiger partial charge in [-0.1, -0.05) is 72.4 Å². The summed E-state index contributed by atoms with van der Waals surface area (Å²) in [5.41, 5.74) is 6.91. The molecule has 0 atom stereocenters. The molecule has 0 spiro atoms. The van der Waals surface area contributed by atoms with Gasteiger partial charge in [0.1, 0.15) is 23.6 Å². The van der Waals surface area contributed by atoms with Crippen molar-refractivity contribution in [1.29, 1.82) is 0 Å². The quantitative estimate of drug-likeness (QED) is 0.173. The largest absolute Gasteiger partial charge is 0.496 e. The summed E-state index contributed by atoms with van der Waals surface area (Å²) in [5, 5.41) is 5.71. The Balaban J connectivity index is 1.43. The van der Waals surface area contributed by atoms with Crippen LogP contribution in [-0.4, -0.2) is 48.5 Å². The number of pyridine rings is 1. The molecule has 0 fully saturated rings. The maximum Gasteiger partial charge on any atom is 0.277 e. The van der Waals surface area contributed by atoms with Crippen LogP contribution in [0.25, 0.3) is 28.1 Å². The molecule has 7 heteroatoms. The van der Waals surface area contributed by atoms with Gasteiger partial charge in [-0.15, -0.1) is 0 Å². The number of benzene rings is 4. The first-order valence-corrected chi connectivity index (χ1v) is 15.7. The number of nitrogens with zero attached hydrogens (tertiary/aromatic N) is 3. The van der Waals surface area contributed by atoms with E-state index in [0.717, 1.165) is 42.3 Å². The first-order chi connectivity index (χ1) is 21.5. The Morgan fingerprint density at radius 3 is 2.34 bits per heavy atom. The summed E-state index contributed by atoms with van der Waals surface area (Å²) in [6.07, 6.45) is 2.33. The van der Waals surface area contributed by atoms with Gasteiger partial charge in [-0.05, 0) is 60.1 Å². The van der Waals surface area contributed by atoms with Gasteiger partial charge in [0.05, 0.1) is 44.1 Å². The predicted molar refractivity (Wildman–Crippen MR) is 184 cm³/mol. The van der Waals surface area contributed by atoms with E-state index in [4.69, 9.17) is 9.47 Å². The number of aromatic nitrogens is 1. The second-order valence-electron chi connectivity index (χ2n) is 10.9. The fraction of sp³-hybridized carbons (Fsp3) is 0.216. The van der Waals surface area contributed by atoms with E-state index in [0.29, 0.717) is 0 Å². The van der Waals surface area contributed by atoms with E-state index in [-0.39, 0.29) is 0 Å². The van der Waals surface area contributed by atoms with Crippen molar-refractivity contribution in [3.63, 3.8) is 0 Å². The second kappa shape index (κ2) is 13.0. The number of methoxy groups -OCH3 is 2. The Labute approximate surface area is 264 Å². The van der Waals surface area contributed by atoms with Crippen molar-refractivity contribution in [2.45, 2.75) is 11.4 Å². The molecule has 1 aliphatic heterocycles. The Morgan fingerprint density at radius 1 is 0.886 bits per heavy atom. The fourth-order valence-electron chi connectivity index (χ4n) is 5.86. The van der Waals surface area contributed by atoms with E-state index in [1.54, 1.807) is 26.0 Å². The Hall–Kier alpha value is -4.46. The highest BCUT2D eigenvalue weighted by Gasteiger charge is 2.26. The number of fused-ring (bicyclic) bond motifs is 2. The number of hydrogen-bond acceptors (Lipinski definition) is 6. The molecular formula is C37H39N4O2S+. The van der Waals surface area contributed by atoms with Gasteiger partial charge in [-0.25, -0.2) is 4.57 Å². The van der Waals surface area contributed by atoms with E-state index in [1.165, 1.54) is 43.5 Å². The Morgan fingerprint density at radius 2 is 1.61 bits per heavy atom. The maximum absolute atomic E-state index is 5.71. The van der Waals surface area contributed by atoms with Crippen LogP contribution >= 0.6 is 11.8 Å². The van der Waals surface area contributed by atoms with E-state index in [1.807, 2.05) is 25.2 Å². The zero-order chi connectivity index (χ0) is 30.6. The van der Waals surface area contributed by atoms with E-state index >= 15 is 0 Å². The summed E-state index contributed by atoms with van der Waals surface area (Å²) in [7, 11) is 9.73. The third-order valence-electron chi connectivity index (χ3n) is 8.20. The molecule has 44 heavy (non-hydrogen) atoms. The summed E-state index contributed by atoms with van der Waals surface area (Å²) in [6.45, 7) is 2.60. The van der Waals surface area contributed by atoms with E-state index in [9.17, 15) is 0 Å². The molecule has 1 aromatic heterocycles. The molecule has 0 aliphatic carbocycles. The first-order valence-electron chi connectivity index (χ1n) is 14.9. The van der Waals surface area contributed by atoms with Gasteiger partial charge in [0.2, 0.25) is 0 Å². The fourth-order valence-corrected chi connectivity index (χ4v) is 7.00. The molecule has 1 aliphatic rings. The highest BCUT2D eigenvalue weighted by atomic mass is 32.2. The number of hydrogen-bond donors (Lipinski definition) is 1. The highest BCUT2D eigenvalue weighted by molar-refractivity contribution is 8.03. The highest BCUT2D eigenvalue weighted by Crippen LogP contribution is 2.49. The van der Waals surface area contributed by atoms with E-state index < -0.39 is 0 Å². The van der Waals surface area contributed by atoms with Crippen molar-refractivity contribution in [2.24, 2.45) is 0 Å². The maximum atomic E-state index is 5.71. The smallest absolute Gasteiger partial charge is 0.277 e. The van der Waals surface area contributed by atoms with Gasteiger partial charge < -0.3 is 19.7 Å². The molecule has 0 unspecified atom stereocenters. The van der Waals surface area contributed by atoms with Crippen molar-refractivity contribution in [3.8, 4) is 22.6 Å². The molecular weight excluding hydrogens is 565 g/mol. The average Bonchev–Trinajstić information content (AvgIpc) is 3.38. The van der Waals surface area contributed by atoms with Crippen molar-refractivity contribution >= 4 is 40.2 Å². The standard InChI is InChI=1S/C37H39N4O2S/c1-38-20-21-39(2)35-23-28(29-14-9-10-15-30(29)41(35)25-26-12-7-6-8-13-26)24-36-40(3)31-19-18-27(22-34(31)44-36)37-32(42-4)16-11-17-33(37)43-5/h6-19,22-24,38H,20-21,25H2,1-5H3/q+1. The predicted octanol–water partition coefficient (Wildman–Crippen LogP) is 7.06. The molecule has 0 bridgehead atoms. The molecule has 5 aromatic rings. The molecule has 0 amide bonds. The normalized spacial score (nSPS) is 13.4. The van der Waals surface area contributed by atoms with Gasteiger partial charge >= 0.3 is 0 Å². The van der Waals surface area contributed by atoms with Crippen molar-refractivity contribution in [3.05, 3.63) is 113 Å². The Kier molecular flexibility index (Phi) is 8.77. The minimum Gasteiger partial charge on any atom is -0.496 e. The van der Waals surface area contributed by atoms with Crippen LogP contribution in [-0.2, 0) is 6.54 Å². The zero-order valence-electron chi connectivity index (χ0n) is 26.0. The number of para-hydroxylation sites is 1. The molecule has 2 heterocycles. The van der Waals surface area contributed by atoms with E-state index in [2.05, 4.69) is 119 Å². The molecule has 4 aromatic carbocycles. The molecule has 6 nitrogen and oxygen atoms in total. The van der Waals surface area contributed by atoms with Gasteiger partial charge in [-0.3, -0.25) is 4.90 Å². The minimum atomic E-state index is 0.797. The minimum absolute atomic E-state index is 0.797. The summed E-state index contributed by atoms with van der Waals surface area (Å²) in [4.78, 5) is 5.84. The number of rotatable bonds is 10. The van der Waals surface area contributed by atoms with Crippen molar-refractivity contribution < 1.29 is 14.0 Å². The van der Waals surface area contributed by atoms with Crippen LogP contribution < -0.4 is 29.2 Å². The van der Waals surface area contributed by atoms with Gasteiger partial charge in [0, 0.05) is 29.9 Å².